The maximum Gasteiger partial charge on any atom is 0.300 e. The fourth-order valence-corrected chi connectivity index (χ4v) is 2.51. The Morgan fingerprint density at radius 2 is 1.95 bits per heavy atom. The van der Waals surface area contributed by atoms with Crippen molar-refractivity contribution in [3.05, 3.63) is 58.5 Å². The number of amides is 1. The number of carbonyl (C=O) groups is 1. The van der Waals surface area contributed by atoms with Gasteiger partial charge in [0.15, 0.2) is 5.76 Å². The number of nitrogens with two attached hydrogens (primary N) is 1. The summed E-state index contributed by atoms with van der Waals surface area (Å²) in [7, 11) is 0. The zero-order chi connectivity index (χ0) is 13.7. The maximum atomic E-state index is 11.2. The highest BCUT2D eigenvalue weighted by atomic mass is 35.5. The summed E-state index contributed by atoms with van der Waals surface area (Å²) in [4.78, 5) is 11.2. The lowest BCUT2D eigenvalue weighted by Gasteiger charge is -2.00. The normalized spacial score (nSPS) is 10.4. The number of carbonyl (C=O) groups excluding carboxylic acids is 1. The highest BCUT2D eigenvalue weighted by Crippen LogP contribution is 2.20. The van der Waals surface area contributed by atoms with Crippen molar-refractivity contribution in [2.45, 2.75) is 11.5 Å². The molecule has 6 heteroatoms. The minimum atomic E-state index is -0.422. The molecule has 0 aliphatic rings. The first-order valence-corrected chi connectivity index (χ1v) is 7.14. The van der Waals surface area contributed by atoms with Crippen LogP contribution in [0, 0.1) is 0 Å². The molecule has 100 valence electrons. The summed E-state index contributed by atoms with van der Waals surface area (Å²) >= 11 is 7.52. The average molecular weight is 297 g/mol. The smallest absolute Gasteiger partial charge is 0.300 e. The highest BCUT2D eigenvalue weighted by molar-refractivity contribution is 7.97. The molecular formula is C13H13ClN2O2S. The van der Waals surface area contributed by atoms with Gasteiger partial charge in [0, 0.05) is 10.8 Å². The Labute approximate surface area is 120 Å². The molecule has 2 aromatic rings. The number of rotatable bonds is 5. The summed E-state index contributed by atoms with van der Waals surface area (Å²) < 4.78 is 5.36. The van der Waals surface area contributed by atoms with Crippen molar-refractivity contribution in [2.75, 3.05) is 0 Å². The molecule has 1 aromatic heterocycles. The second kappa shape index (κ2) is 6.65. The van der Waals surface area contributed by atoms with Gasteiger partial charge in [0.25, 0.3) is 0 Å². The second-order valence-corrected chi connectivity index (χ2v) is 5.28. The van der Waals surface area contributed by atoms with E-state index in [0.29, 0.717) is 5.75 Å². The Morgan fingerprint density at radius 1 is 1.21 bits per heavy atom. The van der Waals surface area contributed by atoms with Gasteiger partial charge in [-0.15, -0.1) is 11.8 Å². The number of furan rings is 1. The molecule has 3 N–H and O–H groups in total. The molecule has 2 rings (SSSR count). The molecule has 0 aliphatic heterocycles. The SMILES string of the molecule is NNC(=O)c1ccc(CSCc2ccc(Cl)cc2)o1. The number of thioether (sulfide) groups is 1. The third-order valence-electron chi connectivity index (χ3n) is 2.44. The van der Waals surface area contributed by atoms with Gasteiger partial charge in [-0.05, 0) is 29.8 Å². The molecular weight excluding hydrogens is 284 g/mol. The number of hydrogen-bond acceptors (Lipinski definition) is 4. The molecule has 0 atom stereocenters. The second-order valence-electron chi connectivity index (χ2n) is 3.86. The average Bonchev–Trinajstić information content (AvgIpc) is 2.89. The molecule has 0 fully saturated rings. The lowest BCUT2D eigenvalue weighted by molar-refractivity contribution is 0.0924. The van der Waals surface area contributed by atoms with Crippen LogP contribution in [0.5, 0.6) is 0 Å². The van der Waals surface area contributed by atoms with Crippen LogP contribution in [0.15, 0.2) is 40.8 Å². The molecule has 4 nitrogen and oxygen atoms in total. The Morgan fingerprint density at radius 3 is 2.63 bits per heavy atom. The van der Waals surface area contributed by atoms with Crippen molar-refractivity contribution >= 4 is 29.3 Å². The number of nitrogens with one attached hydrogen (secondary N) is 1. The highest BCUT2D eigenvalue weighted by Gasteiger charge is 2.09. The van der Waals surface area contributed by atoms with E-state index >= 15 is 0 Å². The van der Waals surface area contributed by atoms with Crippen molar-refractivity contribution in [1.82, 2.24) is 5.43 Å². The quantitative estimate of drug-likeness (QED) is 0.506. The lowest BCUT2D eigenvalue weighted by atomic mass is 10.2. The van der Waals surface area contributed by atoms with E-state index in [1.807, 2.05) is 29.7 Å². The van der Waals surface area contributed by atoms with Gasteiger partial charge in [-0.2, -0.15) is 0 Å². The summed E-state index contributed by atoms with van der Waals surface area (Å²) in [6.45, 7) is 0. The Hall–Kier alpha value is -1.43. The number of hydrazine groups is 1. The van der Waals surface area contributed by atoms with Crippen LogP contribution in [0.2, 0.25) is 5.02 Å². The zero-order valence-corrected chi connectivity index (χ0v) is 11.6. The summed E-state index contributed by atoms with van der Waals surface area (Å²) in [6.07, 6.45) is 0. The summed E-state index contributed by atoms with van der Waals surface area (Å²) in [5.41, 5.74) is 3.23. The number of halogens is 1. The largest absolute Gasteiger partial charge is 0.455 e. The first-order valence-electron chi connectivity index (χ1n) is 5.61. The van der Waals surface area contributed by atoms with Crippen molar-refractivity contribution in [3.8, 4) is 0 Å². The summed E-state index contributed by atoms with van der Waals surface area (Å²) in [5, 5.41) is 0.734. The lowest BCUT2D eigenvalue weighted by Crippen LogP contribution is -2.29. The van der Waals surface area contributed by atoms with E-state index in [1.54, 1.807) is 23.9 Å². The van der Waals surface area contributed by atoms with Crippen LogP contribution < -0.4 is 11.3 Å². The standard InChI is InChI=1S/C13H13ClN2O2S/c14-10-3-1-9(2-4-10)7-19-8-11-5-6-12(18-11)13(17)16-15/h1-6H,7-8,15H2,(H,16,17). The monoisotopic (exact) mass is 296 g/mol. The minimum Gasteiger partial charge on any atom is -0.455 e. The van der Waals surface area contributed by atoms with Crippen molar-refractivity contribution in [3.63, 3.8) is 0 Å². The van der Waals surface area contributed by atoms with Crippen LogP contribution >= 0.6 is 23.4 Å². The van der Waals surface area contributed by atoms with Crippen LogP contribution in [0.1, 0.15) is 21.9 Å². The van der Waals surface area contributed by atoms with Crippen LogP contribution in [0.3, 0.4) is 0 Å². The van der Waals surface area contributed by atoms with Crippen molar-refractivity contribution in [1.29, 1.82) is 0 Å². The van der Waals surface area contributed by atoms with E-state index in [-0.39, 0.29) is 5.76 Å². The van der Waals surface area contributed by atoms with E-state index in [9.17, 15) is 4.79 Å². The summed E-state index contributed by atoms with van der Waals surface area (Å²) in [6, 6.07) is 11.1. The molecule has 0 bridgehead atoms. The van der Waals surface area contributed by atoms with Gasteiger partial charge in [-0.25, -0.2) is 5.84 Å². The predicted octanol–water partition coefficient (Wildman–Crippen LogP) is 2.97. The van der Waals surface area contributed by atoms with E-state index < -0.39 is 5.91 Å². The molecule has 0 saturated carbocycles. The van der Waals surface area contributed by atoms with Crippen LogP contribution in [0.25, 0.3) is 0 Å². The van der Waals surface area contributed by atoms with E-state index in [4.69, 9.17) is 21.9 Å². The van der Waals surface area contributed by atoms with Gasteiger partial charge >= 0.3 is 5.91 Å². The van der Waals surface area contributed by atoms with E-state index in [2.05, 4.69) is 0 Å². The molecule has 0 radical (unpaired) electrons. The van der Waals surface area contributed by atoms with Crippen LogP contribution in [-0.2, 0) is 11.5 Å². The summed E-state index contributed by atoms with van der Waals surface area (Å²) in [5.74, 6) is 7.13. The minimum absolute atomic E-state index is 0.226. The Kier molecular flexibility index (Phi) is 4.90. The molecule has 0 spiro atoms. The van der Waals surface area contributed by atoms with Crippen LogP contribution in [-0.4, -0.2) is 5.91 Å². The molecule has 1 aromatic carbocycles. The number of hydrogen-bond donors (Lipinski definition) is 2. The zero-order valence-electron chi connectivity index (χ0n) is 10.1. The number of nitrogen functional groups attached to an aromatic ring is 1. The molecule has 19 heavy (non-hydrogen) atoms. The first kappa shape index (κ1) is 14.0. The van der Waals surface area contributed by atoms with E-state index in [1.165, 1.54) is 5.56 Å². The molecule has 0 saturated heterocycles. The van der Waals surface area contributed by atoms with Gasteiger partial charge in [0.05, 0.1) is 5.75 Å². The van der Waals surface area contributed by atoms with Gasteiger partial charge in [-0.1, -0.05) is 23.7 Å². The predicted molar refractivity (Wildman–Crippen MR) is 76.8 cm³/mol. The van der Waals surface area contributed by atoms with E-state index in [0.717, 1.165) is 16.5 Å². The molecule has 0 unspecified atom stereocenters. The third-order valence-corrected chi connectivity index (χ3v) is 3.72. The molecule has 1 heterocycles. The van der Waals surface area contributed by atoms with Gasteiger partial charge in [0.2, 0.25) is 0 Å². The third kappa shape index (κ3) is 4.02. The van der Waals surface area contributed by atoms with Crippen molar-refractivity contribution in [2.24, 2.45) is 5.84 Å². The fraction of sp³-hybridized carbons (Fsp3) is 0.154. The Balaban J connectivity index is 1.84. The Bertz CT molecular complexity index is 554. The van der Waals surface area contributed by atoms with Crippen LogP contribution in [0.4, 0.5) is 0 Å². The van der Waals surface area contributed by atoms with Gasteiger partial charge in [-0.3, -0.25) is 10.2 Å². The van der Waals surface area contributed by atoms with Crippen molar-refractivity contribution < 1.29 is 9.21 Å². The fourth-order valence-electron chi connectivity index (χ4n) is 1.50. The number of benzene rings is 1. The van der Waals surface area contributed by atoms with Gasteiger partial charge in [0.1, 0.15) is 5.76 Å². The van der Waals surface area contributed by atoms with Gasteiger partial charge < -0.3 is 4.42 Å². The molecule has 0 aliphatic carbocycles. The maximum absolute atomic E-state index is 11.2. The first-order chi connectivity index (χ1) is 9.19. The topological polar surface area (TPSA) is 68.3 Å². The molecule has 1 amide bonds.